The molecule has 3 aromatic rings. The highest BCUT2D eigenvalue weighted by molar-refractivity contribution is 5.76. The first-order valence-corrected chi connectivity index (χ1v) is 10.4. The largest absolute Gasteiger partial charge is 0.454 e. The zero-order valence-electron chi connectivity index (χ0n) is 16.7. The van der Waals surface area contributed by atoms with Gasteiger partial charge in [0.1, 0.15) is 5.82 Å². The zero-order valence-corrected chi connectivity index (χ0v) is 16.7. The summed E-state index contributed by atoms with van der Waals surface area (Å²) in [6.45, 7) is 2.60. The summed E-state index contributed by atoms with van der Waals surface area (Å²) in [6.07, 6.45) is 4.36. The fraction of sp³-hybridized carbons (Fsp3) is 0.429. The summed E-state index contributed by atoms with van der Waals surface area (Å²) >= 11 is 0. The molecule has 2 aliphatic rings. The van der Waals surface area contributed by atoms with Crippen LogP contribution in [0.3, 0.4) is 0 Å². The summed E-state index contributed by atoms with van der Waals surface area (Å²) in [5, 5.41) is 16.3. The van der Waals surface area contributed by atoms with Crippen LogP contribution in [-0.2, 0) is 17.8 Å². The van der Waals surface area contributed by atoms with Crippen molar-refractivity contribution in [3.63, 3.8) is 0 Å². The Labute approximate surface area is 174 Å². The van der Waals surface area contributed by atoms with Crippen LogP contribution in [0.25, 0.3) is 5.65 Å². The number of carbonyl (C=O) groups excluding carboxylic acids is 1. The Morgan fingerprint density at radius 3 is 2.80 bits per heavy atom. The van der Waals surface area contributed by atoms with Gasteiger partial charge in [0.25, 0.3) is 0 Å². The lowest BCUT2D eigenvalue weighted by Crippen LogP contribution is -2.35. The predicted octanol–water partition coefficient (Wildman–Crippen LogP) is 2.41. The Kier molecular flexibility index (Phi) is 5.08. The maximum Gasteiger partial charge on any atom is 0.231 e. The molecule has 30 heavy (non-hydrogen) atoms. The lowest BCUT2D eigenvalue weighted by Gasteiger charge is -2.26. The molecule has 0 atom stereocenters. The molecular weight excluding hydrogens is 384 g/mol. The van der Waals surface area contributed by atoms with E-state index in [9.17, 15) is 4.79 Å². The van der Waals surface area contributed by atoms with Crippen molar-refractivity contribution in [2.75, 3.05) is 25.2 Å². The van der Waals surface area contributed by atoms with Gasteiger partial charge >= 0.3 is 0 Å². The van der Waals surface area contributed by atoms with Gasteiger partial charge in [-0.2, -0.15) is 4.52 Å². The van der Waals surface area contributed by atoms with E-state index in [2.05, 4.69) is 20.6 Å². The number of anilines is 1. The Morgan fingerprint density at radius 1 is 1.03 bits per heavy atom. The molecule has 0 radical (unpaired) electrons. The van der Waals surface area contributed by atoms with Crippen LogP contribution in [0.2, 0.25) is 0 Å². The maximum absolute atomic E-state index is 12.5. The first kappa shape index (κ1) is 18.7. The Hall–Kier alpha value is -3.36. The minimum Gasteiger partial charge on any atom is -0.454 e. The number of carbonyl (C=O) groups is 1. The second-order valence-corrected chi connectivity index (χ2v) is 7.59. The first-order valence-electron chi connectivity index (χ1n) is 10.4. The number of likely N-dealkylation sites (tertiary alicyclic amines) is 1. The number of hydrogen-bond donors (Lipinski definition) is 1. The van der Waals surface area contributed by atoms with Crippen LogP contribution in [0.4, 0.5) is 5.82 Å². The van der Waals surface area contributed by atoms with Gasteiger partial charge in [-0.15, -0.1) is 15.3 Å². The molecule has 0 unspecified atom stereocenters. The van der Waals surface area contributed by atoms with Crippen molar-refractivity contribution in [1.82, 2.24) is 24.7 Å². The fourth-order valence-corrected chi connectivity index (χ4v) is 3.85. The molecule has 0 spiro atoms. The molecule has 1 N–H and O–H groups in total. The van der Waals surface area contributed by atoms with Crippen LogP contribution in [0.5, 0.6) is 11.5 Å². The number of aromatic nitrogens is 4. The number of fused-ring (bicyclic) bond motifs is 2. The smallest absolute Gasteiger partial charge is 0.231 e. The van der Waals surface area contributed by atoms with Crippen molar-refractivity contribution in [3.8, 4) is 11.5 Å². The van der Waals surface area contributed by atoms with Crippen molar-refractivity contribution in [1.29, 1.82) is 0 Å². The van der Waals surface area contributed by atoms with Gasteiger partial charge in [0, 0.05) is 32.5 Å². The molecule has 156 valence electrons. The topological polar surface area (TPSA) is 93.9 Å². The summed E-state index contributed by atoms with van der Waals surface area (Å²) in [5.41, 5.74) is 1.74. The van der Waals surface area contributed by atoms with E-state index < -0.39 is 0 Å². The molecule has 9 heteroatoms. The van der Waals surface area contributed by atoms with Gasteiger partial charge < -0.3 is 19.7 Å². The van der Waals surface area contributed by atoms with Gasteiger partial charge in [0.15, 0.2) is 23.0 Å². The molecule has 0 aliphatic carbocycles. The molecule has 2 aliphatic heterocycles. The summed E-state index contributed by atoms with van der Waals surface area (Å²) in [5.74, 6) is 3.12. The SMILES string of the molecule is O=C(CCc1nnc2ccc(NCc3ccc4c(c3)OCO4)nn12)N1CCCCC1. The van der Waals surface area contributed by atoms with E-state index in [1.54, 1.807) is 4.52 Å². The highest BCUT2D eigenvalue weighted by Crippen LogP contribution is 2.32. The van der Waals surface area contributed by atoms with E-state index in [1.165, 1.54) is 6.42 Å². The minimum absolute atomic E-state index is 0.184. The molecule has 0 bridgehead atoms. The second kappa shape index (κ2) is 8.17. The molecule has 0 saturated carbocycles. The highest BCUT2D eigenvalue weighted by Gasteiger charge is 2.18. The summed E-state index contributed by atoms with van der Waals surface area (Å²) in [4.78, 5) is 14.4. The van der Waals surface area contributed by atoms with Gasteiger partial charge in [-0.05, 0) is 49.1 Å². The van der Waals surface area contributed by atoms with E-state index in [1.807, 2.05) is 35.2 Å². The molecule has 1 saturated heterocycles. The second-order valence-electron chi connectivity index (χ2n) is 7.59. The molecule has 1 fully saturated rings. The normalized spacial score (nSPS) is 15.5. The van der Waals surface area contributed by atoms with Crippen LogP contribution < -0.4 is 14.8 Å². The van der Waals surface area contributed by atoms with Gasteiger partial charge in [-0.25, -0.2) is 0 Å². The average Bonchev–Trinajstić information content (AvgIpc) is 3.42. The van der Waals surface area contributed by atoms with Crippen molar-refractivity contribution in [2.45, 2.75) is 38.6 Å². The van der Waals surface area contributed by atoms with Crippen LogP contribution in [-0.4, -0.2) is 50.5 Å². The Bertz CT molecular complexity index is 1060. The highest BCUT2D eigenvalue weighted by atomic mass is 16.7. The molecular formula is C21H24N6O3. The third-order valence-corrected chi connectivity index (χ3v) is 5.51. The molecule has 4 heterocycles. The molecule has 1 aromatic carbocycles. The number of piperidine rings is 1. The van der Waals surface area contributed by atoms with Crippen LogP contribution >= 0.6 is 0 Å². The van der Waals surface area contributed by atoms with E-state index >= 15 is 0 Å². The van der Waals surface area contributed by atoms with Crippen molar-refractivity contribution in [3.05, 3.63) is 41.7 Å². The summed E-state index contributed by atoms with van der Waals surface area (Å²) in [6, 6.07) is 9.62. The van der Waals surface area contributed by atoms with Gasteiger partial charge in [-0.3, -0.25) is 4.79 Å². The van der Waals surface area contributed by atoms with Gasteiger partial charge in [-0.1, -0.05) is 6.07 Å². The number of nitrogens with one attached hydrogen (secondary N) is 1. The quantitative estimate of drug-likeness (QED) is 0.669. The monoisotopic (exact) mass is 408 g/mol. The molecule has 5 rings (SSSR count). The average molecular weight is 408 g/mol. The summed E-state index contributed by atoms with van der Waals surface area (Å²) in [7, 11) is 0. The third kappa shape index (κ3) is 3.87. The van der Waals surface area contributed by atoms with Crippen molar-refractivity contribution >= 4 is 17.4 Å². The summed E-state index contributed by atoms with van der Waals surface area (Å²) < 4.78 is 12.5. The number of ether oxygens (including phenoxy) is 2. The lowest BCUT2D eigenvalue weighted by atomic mass is 10.1. The van der Waals surface area contributed by atoms with Crippen LogP contribution in [0.15, 0.2) is 30.3 Å². The van der Waals surface area contributed by atoms with Crippen molar-refractivity contribution < 1.29 is 14.3 Å². The number of benzene rings is 1. The third-order valence-electron chi connectivity index (χ3n) is 5.51. The van der Waals surface area contributed by atoms with E-state index in [4.69, 9.17) is 9.47 Å². The van der Waals surface area contributed by atoms with E-state index in [0.717, 1.165) is 43.0 Å². The number of hydrogen-bond acceptors (Lipinski definition) is 7. The van der Waals surface area contributed by atoms with Gasteiger partial charge in [0.2, 0.25) is 12.7 Å². The Morgan fingerprint density at radius 2 is 1.90 bits per heavy atom. The van der Waals surface area contributed by atoms with Crippen molar-refractivity contribution in [2.24, 2.45) is 0 Å². The molecule has 1 amide bonds. The molecule has 2 aromatic heterocycles. The minimum atomic E-state index is 0.184. The van der Waals surface area contributed by atoms with E-state index in [0.29, 0.717) is 36.7 Å². The van der Waals surface area contributed by atoms with Crippen LogP contribution in [0.1, 0.15) is 37.1 Å². The number of nitrogens with zero attached hydrogens (tertiary/aromatic N) is 5. The van der Waals surface area contributed by atoms with Crippen LogP contribution in [0, 0.1) is 0 Å². The predicted molar refractivity (Wildman–Crippen MR) is 109 cm³/mol. The Balaban J connectivity index is 1.24. The first-order chi connectivity index (χ1) is 14.8. The number of amides is 1. The maximum atomic E-state index is 12.5. The fourth-order valence-electron chi connectivity index (χ4n) is 3.85. The lowest BCUT2D eigenvalue weighted by molar-refractivity contribution is -0.132. The van der Waals surface area contributed by atoms with Gasteiger partial charge in [0.05, 0.1) is 0 Å². The molecule has 9 nitrogen and oxygen atoms in total. The number of rotatable bonds is 6. The zero-order chi connectivity index (χ0) is 20.3. The number of aryl methyl sites for hydroxylation is 1. The van der Waals surface area contributed by atoms with E-state index in [-0.39, 0.29) is 12.7 Å². The standard InChI is InChI=1S/C21H24N6O3/c28-21(26-10-2-1-3-11-26)9-8-20-24-23-19-7-6-18(25-27(19)20)22-13-15-4-5-16-17(12-15)30-14-29-16/h4-7,12H,1-3,8-11,13-14H2,(H,22,25).